The van der Waals surface area contributed by atoms with Gasteiger partial charge in [-0.2, -0.15) is 0 Å². The normalized spacial score (nSPS) is 11.4. The maximum absolute atomic E-state index is 13.5. The first-order valence-corrected chi connectivity index (χ1v) is 11.4. The van der Waals surface area contributed by atoms with Gasteiger partial charge in [0.25, 0.3) is 5.56 Å². The highest BCUT2D eigenvalue weighted by Crippen LogP contribution is 2.26. The first kappa shape index (κ1) is 21.0. The van der Waals surface area contributed by atoms with E-state index in [1.54, 1.807) is 4.57 Å². The second-order valence-corrected chi connectivity index (χ2v) is 8.59. The molecule has 0 amide bonds. The molecule has 0 bridgehead atoms. The molecule has 1 aromatic heterocycles. The molecule has 2 aliphatic heterocycles. The summed E-state index contributed by atoms with van der Waals surface area (Å²) in [5.41, 5.74) is 8.13. The Balaban J connectivity index is 1.66. The first-order chi connectivity index (χ1) is 16.0. The van der Waals surface area contributed by atoms with Gasteiger partial charge in [-0.05, 0) is 36.6 Å². The lowest BCUT2D eigenvalue weighted by Gasteiger charge is -2.14. The Labute approximate surface area is 193 Å². The van der Waals surface area contributed by atoms with Crippen molar-refractivity contribution in [1.82, 2.24) is 19.1 Å². The van der Waals surface area contributed by atoms with Gasteiger partial charge in [0.2, 0.25) is 0 Å². The number of aromatic nitrogens is 4. The summed E-state index contributed by atoms with van der Waals surface area (Å²) in [5.74, 6) is 0.695. The van der Waals surface area contributed by atoms with Gasteiger partial charge in [-0.3, -0.25) is 9.36 Å². The van der Waals surface area contributed by atoms with Gasteiger partial charge in [0.15, 0.2) is 5.82 Å². The monoisotopic (exact) mass is 436 g/mol. The van der Waals surface area contributed by atoms with E-state index in [-0.39, 0.29) is 5.56 Å². The topological polar surface area (TPSA) is 55.6 Å². The van der Waals surface area contributed by atoms with Gasteiger partial charge < -0.3 is 9.55 Å². The number of nitrogens with zero attached hydrogens (tertiary/aromatic N) is 3. The van der Waals surface area contributed by atoms with E-state index >= 15 is 0 Å². The Kier molecular flexibility index (Phi) is 5.47. The maximum Gasteiger partial charge on any atom is 0.278 e. The Morgan fingerprint density at radius 1 is 0.909 bits per heavy atom. The van der Waals surface area contributed by atoms with Crippen LogP contribution in [0.5, 0.6) is 0 Å². The molecule has 0 aliphatic carbocycles. The van der Waals surface area contributed by atoms with Crippen LogP contribution in [0.25, 0.3) is 17.1 Å². The minimum atomic E-state index is -0.0533. The molecule has 0 radical (unpaired) electrons. The molecule has 5 rings (SSSR count). The molecule has 1 N–H and O–H groups in total. The number of hydrogen-bond acceptors (Lipinski definition) is 2. The van der Waals surface area contributed by atoms with Crippen molar-refractivity contribution in [3.63, 3.8) is 0 Å². The van der Waals surface area contributed by atoms with E-state index in [0.29, 0.717) is 24.4 Å². The summed E-state index contributed by atoms with van der Waals surface area (Å²) in [5, 5.41) is 0. The van der Waals surface area contributed by atoms with Crippen LogP contribution in [0.2, 0.25) is 0 Å². The van der Waals surface area contributed by atoms with Crippen LogP contribution in [0, 0.1) is 6.92 Å². The van der Waals surface area contributed by atoms with E-state index < -0.39 is 0 Å². The van der Waals surface area contributed by atoms with Crippen molar-refractivity contribution < 1.29 is 0 Å². The fourth-order valence-electron chi connectivity index (χ4n) is 4.53. The summed E-state index contributed by atoms with van der Waals surface area (Å²) < 4.78 is 3.88. The summed E-state index contributed by atoms with van der Waals surface area (Å²) in [7, 11) is 2.05. The number of imidazole rings is 1. The van der Waals surface area contributed by atoms with Gasteiger partial charge in [-0.1, -0.05) is 61.5 Å². The third-order valence-electron chi connectivity index (χ3n) is 6.45. The van der Waals surface area contributed by atoms with Crippen LogP contribution in [0.3, 0.4) is 0 Å². The summed E-state index contributed by atoms with van der Waals surface area (Å²) in [6, 6.07) is 22.7. The molecule has 3 heterocycles. The number of aromatic amines is 1. The lowest BCUT2D eigenvalue weighted by Crippen LogP contribution is -2.18. The zero-order chi connectivity index (χ0) is 22.9. The van der Waals surface area contributed by atoms with Gasteiger partial charge in [0.1, 0.15) is 5.69 Å². The average molecular weight is 437 g/mol. The molecular weight excluding hydrogens is 408 g/mol. The number of H-pyrrole nitrogens is 1. The molecule has 0 fully saturated rings. The summed E-state index contributed by atoms with van der Waals surface area (Å²) in [4.78, 5) is 21.9. The van der Waals surface area contributed by atoms with Crippen molar-refractivity contribution >= 4 is 0 Å². The van der Waals surface area contributed by atoms with E-state index in [1.165, 1.54) is 11.3 Å². The fraction of sp³-hybridized carbons (Fsp3) is 0.214. The molecule has 2 aromatic carbocycles. The number of nitrogens with one attached hydrogen (secondary N) is 1. The Morgan fingerprint density at radius 3 is 2.36 bits per heavy atom. The molecule has 0 saturated heterocycles. The van der Waals surface area contributed by atoms with Gasteiger partial charge in [0.05, 0.1) is 11.4 Å². The second kappa shape index (κ2) is 8.58. The van der Waals surface area contributed by atoms with Gasteiger partial charge >= 0.3 is 0 Å². The van der Waals surface area contributed by atoms with Crippen LogP contribution in [-0.4, -0.2) is 19.1 Å². The van der Waals surface area contributed by atoms with Crippen LogP contribution >= 0.6 is 0 Å². The molecule has 0 saturated carbocycles. The maximum atomic E-state index is 13.5. The third kappa shape index (κ3) is 3.91. The van der Waals surface area contributed by atoms with Crippen LogP contribution in [-0.2, 0) is 26.3 Å². The largest absolute Gasteiger partial charge is 0.354 e. The van der Waals surface area contributed by atoms with E-state index in [4.69, 9.17) is 4.98 Å². The molecule has 0 spiro atoms. The summed E-state index contributed by atoms with van der Waals surface area (Å²) >= 11 is 0. The lowest BCUT2D eigenvalue weighted by atomic mass is 10.1. The van der Waals surface area contributed by atoms with Crippen molar-refractivity contribution in [2.45, 2.75) is 33.1 Å². The molecule has 3 aromatic rings. The number of benzene rings is 2. The first-order valence-electron chi connectivity index (χ1n) is 11.4. The van der Waals surface area contributed by atoms with Crippen LogP contribution in [0.15, 0.2) is 77.7 Å². The van der Waals surface area contributed by atoms with Crippen LogP contribution < -0.4 is 5.56 Å². The SMILES string of the molecule is CCc1ccc(Cc2nc3c(Cc4ccccc4)[nH]c(-c4ccccc4C)cn-3c2=O)n1C. The minimum absolute atomic E-state index is 0.0533. The average Bonchev–Trinajstić information content (AvgIpc) is 3.34. The van der Waals surface area contributed by atoms with E-state index in [2.05, 4.69) is 66.8 Å². The number of rotatable bonds is 6. The van der Waals surface area contributed by atoms with Gasteiger partial charge in [-0.25, -0.2) is 4.98 Å². The molecule has 33 heavy (non-hydrogen) atoms. The van der Waals surface area contributed by atoms with Crippen molar-refractivity contribution in [3.05, 3.63) is 117 Å². The van der Waals surface area contributed by atoms with E-state index in [1.807, 2.05) is 36.5 Å². The summed E-state index contributed by atoms with van der Waals surface area (Å²) in [6.45, 7) is 4.23. The molecule has 166 valence electrons. The highest BCUT2D eigenvalue weighted by Gasteiger charge is 2.21. The molecule has 5 heteroatoms. The quantitative estimate of drug-likeness (QED) is 0.405. The predicted octanol–water partition coefficient (Wildman–Crippen LogP) is 5.06. The van der Waals surface area contributed by atoms with Crippen molar-refractivity contribution in [2.24, 2.45) is 7.05 Å². The van der Waals surface area contributed by atoms with Crippen LogP contribution in [0.4, 0.5) is 0 Å². The third-order valence-corrected chi connectivity index (χ3v) is 6.45. The van der Waals surface area contributed by atoms with Gasteiger partial charge in [0, 0.05) is 43.0 Å². The summed E-state index contributed by atoms with van der Waals surface area (Å²) in [6.07, 6.45) is 4.04. The van der Waals surface area contributed by atoms with Crippen molar-refractivity contribution in [3.8, 4) is 17.1 Å². The minimum Gasteiger partial charge on any atom is -0.354 e. The Morgan fingerprint density at radius 2 is 1.64 bits per heavy atom. The highest BCUT2D eigenvalue weighted by atomic mass is 16.1. The lowest BCUT2D eigenvalue weighted by molar-refractivity contribution is 0.783. The molecule has 0 atom stereocenters. The van der Waals surface area contributed by atoms with E-state index in [0.717, 1.165) is 34.6 Å². The van der Waals surface area contributed by atoms with Crippen molar-refractivity contribution in [2.75, 3.05) is 0 Å². The number of hydrogen-bond donors (Lipinski definition) is 1. The second-order valence-electron chi connectivity index (χ2n) is 8.59. The molecule has 2 aliphatic rings. The smallest absolute Gasteiger partial charge is 0.278 e. The Hall–Kier alpha value is -3.86. The van der Waals surface area contributed by atoms with E-state index in [9.17, 15) is 4.79 Å². The number of aryl methyl sites for hydroxylation is 2. The predicted molar refractivity (Wildman–Crippen MR) is 132 cm³/mol. The zero-order valence-corrected chi connectivity index (χ0v) is 19.3. The molecular formula is C28H28N4O. The number of fused-ring (bicyclic) bond motifs is 1. The van der Waals surface area contributed by atoms with Crippen molar-refractivity contribution in [1.29, 1.82) is 0 Å². The Bertz CT molecular complexity index is 1440. The van der Waals surface area contributed by atoms with Crippen LogP contribution in [0.1, 0.15) is 40.8 Å². The highest BCUT2D eigenvalue weighted by molar-refractivity contribution is 5.64. The molecule has 5 nitrogen and oxygen atoms in total. The standard InChI is InChI=1S/C28H28N4O/c1-4-21-14-15-22(31(21)3)17-25-28(33)32-18-26(23-13-9-8-10-19(23)2)29-24(27(32)30-25)16-20-11-6-5-7-12-20/h5-15,18,29H,4,16-17H2,1-3H3. The molecule has 0 unspecified atom stereocenters. The fourth-order valence-corrected chi connectivity index (χ4v) is 4.53. The zero-order valence-electron chi connectivity index (χ0n) is 19.3. The van der Waals surface area contributed by atoms with Gasteiger partial charge in [-0.15, -0.1) is 0 Å².